The van der Waals surface area contributed by atoms with Crippen LogP contribution >= 0.6 is 23.2 Å². The van der Waals surface area contributed by atoms with Crippen molar-refractivity contribution in [2.75, 3.05) is 0 Å². The second-order valence-electron chi connectivity index (χ2n) is 4.35. The van der Waals surface area contributed by atoms with Crippen LogP contribution in [0, 0.1) is 13.8 Å². The molecule has 1 heterocycles. The van der Waals surface area contributed by atoms with Crippen LogP contribution < -0.4 is 4.72 Å². The fourth-order valence-corrected chi connectivity index (χ4v) is 3.99. The number of rotatable bonds is 4. The number of aryl methyl sites for hydroxylation is 1. The number of nitrogens with one attached hydrogen (secondary N) is 1. The topological polar surface area (TPSA) is 59.3 Å². The first-order valence-electron chi connectivity index (χ1n) is 5.80. The minimum atomic E-state index is -3.77. The van der Waals surface area contributed by atoms with Crippen molar-refractivity contribution in [1.82, 2.24) is 4.72 Å². The zero-order valence-corrected chi connectivity index (χ0v) is 13.2. The fourth-order valence-electron chi connectivity index (χ4n) is 1.78. The minimum Gasteiger partial charge on any atom is -0.468 e. The van der Waals surface area contributed by atoms with E-state index in [0.717, 1.165) is 0 Å². The molecule has 0 atom stereocenters. The maximum atomic E-state index is 12.4. The smallest absolute Gasteiger partial charge is 0.242 e. The molecule has 0 aliphatic heterocycles. The summed E-state index contributed by atoms with van der Waals surface area (Å²) in [5.41, 5.74) is 1.04. The summed E-state index contributed by atoms with van der Waals surface area (Å²) in [5, 5.41) is 0.545. The van der Waals surface area contributed by atoms with Crippen molar-refractivity contribution in [3.8, 4) is 0 Å². The molecule has 0 saturated heterocycles. The quantitative estimate of drug-likeness (QED) is 0.928. The molecular weight excluding hydrogens is 321 g/mol. The van der Waals surface area contributed by atoms with E-state index >= 15 is 0 Å². The van der Waals surface area contributed by atoms with Gasteiger partial charge >= 0.3 is 0 Å². The minimum absolute atomic E-state index is 0.00993. The molecule has 0 radical (unpaired) electrons. The van der Waals surface area contributed by atoms with E-state index in [1.165, 1.54) is 6.26 Å². The summed E-state index contributed by atoms with van der Waals surface area (Å²) in [7, 11) is -3.77. The van der Waals surface area contributed by atoms with E-state index in [1.807, 2.05) is 0 Å². The lowest BCUT2D eigenvalue weighted by Crippen LogP contribution is -2.24. The van der Waals surface area contributed by atoms with E-state index in [-0.39, 0.29) is 16.5 Å². The summed E-state index contributed by atoms with van der Waals surface area (Å²) in [4.78, 5) is 0.00993. The molecule has 4 nitrogen and oxygen atoms in total. The van der Waals surface area contributed by atoms with Crippen molar-refractivity contribution in [3.05, 3.63) is 51.4 Å². The van der Waals surface area contributed by atoms with Gasteiger partial charge in [-0.1, -0.05) is 23.2 Å². The Labute approximate surface area is 127 Å². The molecule has 20 heavy (non-hydrogen) atoms. The molecular formula is C13H13Cl2NO3S. The van der Waals surface area contributed by atoms with Gasteiger partial charge in [-0.15, -0.1) is 0 Å². The van der Waals surface area contributed by atoms with E-state index in [4.69, 9.17) is 27.6 Å². The zero-order chi connectivity index (χ0) is 14.9. The maximum Gasteiger partial charge on any atom is 0.242 e. The zero-order valence-electron chi connectivity index (χ0n) is 10.9. The van der Waals surface area contributed by atoms with Crippen LogP contribution in [0.2, 0.25) is 10.0 Å². The van der Waals surface area contributed by atoms with Gasteiger partial charge < -0.3 is 4.42 Å². The summed E-state index contributed by atoms with van der Waals surface area (Å²) < 4.78 is 32.3. The fraction of sp³-hybridized carbons (Fsp3) is 0.231. The predicted octanol–water partition coefficient (Wildman–Crippen LogP) is 3.68. The molecule has 2 rings (SSSR count). The van der Waals surface area contributed by atoms with E-state index in [1.54, 1.807) is 32.0 Å². The molecule has 0 fully saturated rings. The molecule has 0 bridgehead atoms. The Kier molecular flexibility index (Phi) is 4.44. The molecule has 1 N–H and O–H groups in total. The molecule has 0 spiro atoms. The highest BCUT2D eigenvalue weighted by Gasteiger charge is 2.23. The van der Waals surface area contributed by atoms with Crippen molar-refractivity contribution in [3.63, 3.8) is 0 Å². The van der Waals surface area contributed by atoms with Crippen LogP contribution in [0.15, 0.2) is 33.8 Å². The second kappa shape index (κ2) is 5.77. The number of hydrogen-bond donors (Lipinski definition) is 1. The summed E-state index contributed by atoms with van der Waals surface area (Å²) >= 11 is 12.1. The van der Waals surface area contributed by atoms with Gasteiger partial charge in [-0.2, -0.15) is 0 Å². The molecule has 108 valence electrons. The van der Waals surface area contributed by atoms with E-state index in [9.17, 15) is 8.42 Å². The van der Waals surface area contributed by atoms with Gasteiger partial charge in [-0.25, -0.2) is 13.1 Å². The van der Waals surface area contributed by atoms with Crippen molar-refractivity contribution >= 4 is 33.2 Å². The average Bonchev–Trinajstić information content (AvgIpc) is 2.87. The number of furan rings is 1. The molecule has 0 saturated carbocycles. The molecule has 7 heteroatoms. The van der Waals surface area contributed by atoms with Crippen molar-refractivity contribution in [2.45, 2.75) is 25.3 Å². The Hall–Kier alpha value is -1.01. The van der Waals surface area contributed by atoms with Crippen LogP contribution in [0.3, 0.4) is 0 Å². The molecule has 0 unspecified atom stereocenters. The Bertz CT molecular complexity index is 698. The summed E-state index contributed by atoms with van der Waals surface area (Å²) in [6, 6.07) is 5.01. The van der Waals surface area contributed by atoms with Gasteiger partial charge in [0.15, 0.2) is 0 Å². The van der Waals surface area contributed by atoms with Gasteiger partial charge in [0, 0.05) is 5.02 Å². The van der Waals surface area contributed by atoms with Crippen molar-refractivity contribution < 1.29 is 12.8 Å². The second-order valence-corrected chi connectivity index (χ2v) is 6.84. The summed E-state index contributed by atoms with van der Waals surface area (Å²) in [6.07, 6.45) is 1.48. The lowest BCUT2D eigenvalue weighted by Gasteiger charge is -2.13. The normalized spacial score (nSPS) is 11.8. The monoisotopic (exact) mass is 333 g/mol. The first-order chi connectivity index (χ1) is 9.33. The van der Waals surface area contributed by atoms with Gasteiger partial charge in [0.2, 0.25) is 10.0 Å². The molecule has 0 aliphatic rings. The SMILES string of the molecule is Cc1cc(Cl)c(C)c(S(=O)(=O)NCc2ccco2)c1Cl. The lowest BCUT2D eigenvalue weighted by molar-refractivity contribution is 0.498. The van der Waals surface area contributed by atoms with Gasteiger partial charge in [0.05, 0.1) is 17.8 Å². The highest BCUT2D eigenvalue weighted by molar-refractivity contribution is 7.89. The first kappa shape index (κ1) is 15.4. The lowest BCUT2D eigenvalue weighted by atomic mass is 10.2. The molecule has 1 aromatic heterocycles. The summed E-state index contributed by atoms with van der Waals surface area (Å²) in [6.45, 7) is 3.38. The van der Waals surface area contributed by atoms with Crippen LogP contribution in [-0.4, -0.2) is 8.42 Å². The predicted molar refractivity (Wildman–Crippen MR) is 78.7 cm³/mol. The van der Waals surface area contributed by atoms with E-state index in [2.05, 4.69) is 4.72 Å². The van der Waals surface area contributed by atoms with Crippen LogP contribution in [-0.2, 0) is 16.6 Å². The number of benzene rings is 1. The van der Waals surface area contributed by atoms with Gasteiger partial charge in [0.25, 0.3) is 0 Å². The highest BCUT2D eigenvalue weighted by Crippen LogP contribution is 2.33. The van der Waals surface area contributed by atoms with Crippen molar-refractivity contribution in [1.29, 1.82) is 0 Å². The van der Waals surface area contributed by atoms with Gasteiger partial charge in [-0.3, -0.25) is 0 Å². The Morgan fingerprint density at radius 1 is 1.30 bits per heavy atom. The molecule has 1 aromatic carbocycles. The number of sulfonamides is 1. The third kappa shape index (κ3) is 3.01. The summed E-state index contributed by atoms with van der Waals surface area (Å²) in [5.74, 6) is 0.515. The first-order valence-corrected chi connectivity index (χ1v) is 8.04. The Balaban J connectivity index is 2.39. The Morgan fingerprint density at radius 2 is 2.00 bits per heavy atom. The molecule has 2 aromatic rings. The third-order valence-corrected chi connectivity index (χ3v) is 5.44. The molecule has 0 aliphatic carbocycles. The third-order valence-electron chi connectivity index (χ3n) is 2.87. The van der Waals surface area contributed by atoms with Crippen molar-refractivity contribution in [2.24, 2.45) is 0 Å². The largest absolute Gasteiger partial charge is 0.468 e. The highest BCUT2D eigenvalue weighted by atomic mass is 35.5. The van der Waals surface area contributed by atoms with Crippen LogP contribution in [0.5, 0.6) is 0 Å². The molecule has 0 amide bonds. The van der Waals surface area contributed by atoms with Crippen LogP contribution in [0.4, 0.5) is 0 Å². The number of hydrogen-bond acceptors (Lipinski definition) is 3. The van der Waals surface area contributed by atoms with Crippen LogP contribution in [0.1, 0.15) is 16.9 Å². The Morgan fingerprint density at radius 3 is 2.60 bits per heavy atom. The average molecular weight is 334 g/mol. The maximum absolute atomic E-state index is 12.4. The van der Waals surface area contributed by atoms with E-state index < -0.39 is 10.0 Å². The van der Waals surface area contributed by atoms with Crippen LogP contribution in [0.25, 0.3) is 0 Å². The van der Waals surface area contributed by atoms with Gasteiger partial charge in [-0.05, 0) is 43.2 Å². The van der Waals surface area contributed by atoms with Gasteiger partial charge in [0.1, 0.15) is 10.7 Å². The number of halogens is 2. The standard InChI is InChI=1S/C13H13Cl2NO3S/c1-8-6-11(14)9(2)13(12(8)15)20(17,18)16-7-10-4-3-5-19-10/h3-6,16H,7H2,1-2H3. The van der Waals surface area contributed by atoms with E-state index in [0.29, 0.717) is 21.9 Å².